The van der Waals surface area contributed by atoms with Gasteiger partial charge >= 0.3 is 0 Å². The predicted octanol–water partition coefficient (Wildman–Crippen LogP) is 1.80. The van der Waals surface area contributed by atoms with E-state index in [0.29, 0.717) is 0 Å². The molecule has 0 radical (unpaired) electrons. The first-order valence-corrected chi connectivity index (χ1v) is 6.65. The first-order chi connectivity index (χ1) is 8.70. The number of nitrogens with zero attached hydrogens (tertiary/aromatic N) is 2. The molecule has 0 fully saturated rings. The average Bonchev–Trinajstić information content (AvgIpc) is 2.77. The SMILES string of the molecule is Cn1ccnc1CC(Cc1ccccc1Br)NN. The number of hydrogen-bond acceptors (Lipinski definition) is 3. The van der Waals surface area contributed by atoms with Crippen LogP contribution in [0, 0.1) is 0 Å². The van der Waals surface area contributed by atoms with Crippen LogP contribution in [0.1, 0.15) is 11.4 Å². The minimum atomic E-state index is 0.171. The minimum absolute atomic E-state index is 0.171. The van der Waals surface area contributed by atoms with Gasteiger partial charge in [-0.05, 0) is 18.1 Å². The van der Waals surface area contributed by atoms with Gasteiger partial charge in [0, 0.05) is 36.4 Å². The molecule has 1 unspecified atom stereocenters. The summed E-state index contributed by atoms with van der Waals surface area (Å²) in [6, 6.07) is 8.37. The van der Waals surface area contributed by atoms with Gasteiger partial charge in [0.05, 0.1) is 0 Å². The van der Waals surface area contributed by atoms with Crippen molar-refractivity contribution in [2.24, 2.45) is 12.9 Å². The Labute approximate surface area is 115 Å². The van der Waals surface area contributed by atoms with Gasteiger partial charge in [0.15, 0.2) is 0 Å². The number of nitrogens with one attached hydrogen (secondary N) is 1. The number of nitrogens with two attached hydrogens (primary N) is 1. The summed E-state index contributed by atoms with van der Waals surface area (Å²) in [4.78, 5) is 4.32. The molecule has 5 heteroatoms. The molecule has 2 rings (SSSR count). The van der Waals surface area contributed by atoms with E-state index in [2.05, 4.69) is 32.4 Å². The van der Waals surface area contributed by atoms with Gasteiger partial charge in [-0.2, -0.15) is 0 Å². The number of aromatic nitrogens is 2. The standard InChI is InChI=1S/C13H17BrN4/c1-18-7-6-16-13(18)9-11(17-15)8-10-4-2-3-5-12(10)14/h2-7,11,17H,8-9,15H2,1H3. The second-order valence-corrected chi connectivity index (χ2v) is 5.17. The zero-order chi connectivity index (χ0) is 13.0. The summed E-state index contributed by atoms with van der Waals surface area (Å²) < 4.78 is 3.13. The number of hydrogen-bond donors (Lipinski definition) is 2. The number of benzene rings is 1. The third kappa shape index (κ3) is 3.19. The van der Waals surface area contributed by atoms with E-state index in [1.54, 1.807) is 6.20 Å². The largest absolute Gasteiger partial charge is 0.338 e. The highest BCUT2D eigenvalue weighted by Gasteiger charge is 2.12. The lowest BCUT2D eigenvalue weighted by molar-refractivity contribution is 0.504. The summed E-state index contributed by atoms with van der Waals surface area (Å²) >= 11 is 3.56. The van der Waals surface area contributed by atoms with Crippen LogP contribution in [0.5, 0.6) is 0 Å². The van der Waals surface area contributed by atoms with E-state index in [9.17, 15) is 0 Å². The van der Waals surface area contributed by atoms with Gasteiger partial charge in [0.25, 0.3) is 0 Å². The highest BCUT2D eigenvalue weighted by molar-refractivity contribution is 9.10. The smallest absolute Gasteiger partial charge is 0.109 e. The molecule has 0 amide bonds. The Balaban J connectivity index is 2.06. The Bertz CT molecular complexity index is 509. The van der Waals surface area contributed by atoms with Crippen molar-refractivity contribution in [1.82, 2.24) is 15.0 Å². The molecule has 0 aliphatic heterocycles. The van der Waals surface area contributed by atoms with Gasteiger partial charge < -0.3 is 4.57 Å². The molecule has 0 saturated carbocycles. The predicted molar refractivity (Wildman–Crippen MR) is 75.9 cm³/mol. The van der Waals surface area contributed by atoms with Gasteiger partial charge in [0.2, 0.25) is 0 Å². The van der Waals surface area contributed by atoms with Crippen molar-refractivity contribution in [1.29, 1.82) is 0 Å². The quantitative estimate of drug-likeness (QED) is 0.654. The highest BCUT2D eigenvalue weighted by atomic mass is 79.9. The number of rotatable bonds is 5. The molecule has 3 N–H and O–H groups in total. The molecular weight excluding hydrogens is 292 g/mol. The van der Waals surface area contributed by atoms with E-state index in [4.69, 9.17) is 5.84 Å². The molecule has 0 aliphatic rings. The minimum Gasteiger partial charge on any atom is -0.338 e. The monoisotopic (exact) mass is 308 g/mol. The average molecular weight is 309 g/mol. The van der Waals surface area contributed by atoms with Crippen molar-refractivity contribution in [2.75, 3.05) is 0 Å². The Hall–Kier alpha value is -1.17. The fraction of sp³-hybridized carbons (Fsp3) is 0.308. The Morgan fingerprint density at radius 2 is 2.17 bits per heavy atom. The number of hydrazine groups is 1. The summed E-state index contributed by atoms with van der Waals surface area (Å²) in [7, 11) is 1.99. The van der Waals surface area contributed by atoms with Crippen LogP contribution in [-0.2, 0) is 19.9 Å². The topological polar surface area (TPSA) is 55.9 Å². The number of imidazole rings is 1. The van der Waals surface area contributed by atoms with Crippen LogP contribution in [0.15, 0.2) is 41.1 Å². The maximum atomic E-state index is 5.64. The molecule has 1 aromatic carbocycles. The fourth-order valence-electron chi connectivity index (χ4n) is 1.93. The Kier molecular flexibility index (Phi) is 4.52. The summed E-state index contributed by atoms with van der Waals surface area (Å²) in [5.41, 5.74) is 4.11. The van der Waals surface area contributed by atoms with Gasteiger partial charge in [-0.1, -0.05) is 34.1 Å². The molecular formula is C13H17BrN4. The van der Waals surface area contributed by atoms with Gasteiger partial charge in [-0.25, -0.2) is 4.98 Å². The second kappa shape index (κ2) is 6.13. The zero-order valence-corrected chi connectivity index (χ0v) is 11.9. The van der Waals surface area contributed by atoms with Crippen molar-refractivity contribution in [3.63, 3.8) is 0 Å². The second-order valence-electron chi connectivity index (χ2n) is 4.32. The maximum Gasteiger partial charge on any atom is 0.109 e. The van der Waals surface area contributed by atoms with E-state index in [0.717, 1.165) is 23.1 Å². The van der Waals surface area contributed by atoms with Crippen LogP contribution in [0.2, 0.25) is 0 Å². The third-order valence-corrected chi connectivity index (χ3v) is 3.78. The Morgan fingerprint density at radius 3 is 2.78 bits per heavy atom. The van der Waals surface area contributed by atoms with Crippen molar-refractivity contribution >= 4 is 15.9 Å². The van der Waals surface area contributed by atoms with Crippen molar-refractivity contribution < 1.29 is 0 Å². The summed E-state index contributed by atoms with van der Waals surface area (Å²) in [6.07, 6.45) is 5.43. The molecule has 96 valence electrons. The van der Waals surface area contributed by atoms with Crippen LogP contribution in [-0.4, -0.2) is 15.6 Å². The summed E-state index contributed by atoms with van der Waals surface area (Å²) in [5, 5.41) is 0. The first kappa shape index (κ1) is 13.3. The van der Waals surface area contributed by atoms with Crippen LogP contribution < -0.4 is 11.3 Å². The molecule has 0 saturated heterocycles. The highest BCUT2D eigenvalue weighted by Crippen LogP contribution is 2.18. The Morgan fingerprint density at radius 1 is 1.39 bits per heavy atom. The molecule has 2 aromatic rings. The van der Waals surface area contributed by atoms with E-state index in [1.165, 1.54) is 5.56 Å². The molecule has 1 atom stereocenters. The van der Waals surface area contributed by atoms with Gasteiger partial charge in [0.1, 0.15) is 5.82 Å². The number of halogens is 1. The maximum absolute atomic E-state index is 5.64. The molecule has 4 nitrogen and oxygen atoms in total. The molecule has 18 heavy (non-hydrogen) atoms. The first-order valence-electron chi connectivity index (χ1n) is 5.86. The van der Waals surface area contributed by atoms with Crippen LogP contribution in [0.4, 0.5) is 0 Å². The lowest BCUT2D eigenvalue weighted by atomic mass is 10.0. The van der Waals surface area contributed by atoms with Crippen molar-refractivity contribution in [3.8, 4) is 0 Å². The molecule has 1 aromatic heterocycles. The van der Waals surface area contributed by atoms with Crippen LogP contribution >= 0.6 is 15.9 Å². The fourth-order valence-corrected chi connectivity index (χ4v) is 2.38. The van der Waals surface area contributed by atoms with Crippen LogP contribution in [0.25, 0.3) is 0 Å². The van der Waals surface area contributed by atoms with Gasteiger partial charge in [-0.15, -0.1) is 0 Å². The molecule has 1 heterocycles. The van der Waals surface area contributed by atoms with E-state index < -0.39 is 0 Å². The van der Waals surface area contributed by atoms with E-state index in [-0.39, 0.29) is 6.04 Å². The lowest BCUT2D eigenvalue weighted by Gasteiger charge is -2.16. The lowest BCUT2D eigenvalue weighted by Crippen LogP contribution is -2.39. The number of aryl methyl sites for hydroxylation is 1. The molecule has 0 bridgehead atoms. The summed E-state index contributed by atoms with van der Waals surface area (Å²) in [6.45, 7) is 0. The van der Waals surface area contributed by atoms with E-state index >= 15 is 0 Å². The third-order valence-electron chi connectivity index (χ3n) is 3.01. The van der Waals surface area contributed by atoms with E-state index in [1.807, 2.05) is 36.0 Å². The van der Waals surface area contributed by atoms with Gasteiger partial charge in [-0.3, -0.25) is 11.3 Å². The normalized spacial score (nSPS) is 12.6. The molecule has 0 spiro atoms. The molecule has 0 aliphatic carbocycles. The zero-order valence-electron chi connectivity index (χ0n) is 10.3. The van der Waals surface area contributed by atoms with Crippen LogP contribution in [0.3, 0.4) is 0 Å². The van der Waals surface area contributed by atoms with Crippen molar-refractivity contribution in [3.05, 3.63) is 52.5 Å². The summed E-state index contributed by atoms with van der Waals surface area (Å²) in [5.74, 6) is 6.67. The van der Waals surface area contributed by atoms with Crippen molar-refractivity contribution in [2.45, 2.75) is 18.9 Å².